The third-order valence-corrected chi connectivity index (χ3v) is 10.1. The van der Waals surface area contributed by atoms with Gasteiger partial charge >= 0.3 is 0 Å². The molecule has 10 rings (SSSR count). The maximum absolute atomic E-state index is 5.51. The summed E-state index contributed by atoms with van der Waals surface area (Å²) in [6.07, 6.45) is 0. The molecular weight excluding hydrogens is 631 g/mol. The average molecular weight is 662 g/mol. The largest absolute Gasteiger partial charge is 0.246 e. The van der Waals surface area contributed by atoms with E-state index in [4.69, 9.17) is 15.0 Å². The van der Waals surface area contributed by atoms with Crippen LogP contribution in [0.2, 0.25) is 0 Å². The molecule has 0 amide bonds. The number of para-hydroxylation sites is 1. The van der Waals surface area contributed by atoms with Crippen molar-refractivity contribution in [1.29, 1.82) is 0 Å². The van der Waals surface area contributed by atoms with Crippen molar-refractivity contribution in [3.05, 3.63) is 188 Å². The van der Waals surface area contributed by atoms with Crippen LogP contribution in [0.4, 0.5) is 0 Å². The summed E-state index contributed by atoms with van der Waals surface area (Å²) in [7, 11) is 0. The van der Waals surface area contributed by atoms with Crippen LogP contribution in [0.1, 0.15) is 0 Å². The number of hydrogen-bond donors (Lipinski definition) is 0. The second-order valence-corrected chi connectivity index (χ2v) is 13.1. The van der Waals surface area contributed by atoms with Gasteiger partial charge in [-0.15, -0.1) is 0 Å². The minimum absolute atomic E-state index is 0.866. The summed E-state index contributed by atoms with van der Waals surface area (Å²) in [5, 5.41) is 5.50. The number of fused-ring (bicyclic) bond motifs is 6. The Hall–Kier alpha value is -6.97. The van der Waals surface area contributed by atoms with Crippen LogP contribution < -0.4 is 0 Å². The Morgan fingerprint density at radius 3 is 1.46 bits per heavy atom. The van der Waals surface area contributed by atoms with E-state index < -0.39 is 0 Å². The second-order valence-electron chi connectivity index (χ2n) is 13.1. The lowest BCUT2D eigenvalue weighted by Crippen LogP contribution is -1.96. The zero-order valence-electron chi connectivity index (χ0n) is 28.2. The molecule has 7 aromatic carbocycles. The van der Waals surface area contributed by atoms with Crippen molar-refractivity contribution in [1.82, 2.24) is 15.0 Å². The summed E-state index contributed by atoms with van der Waals surface area (Å²) in [6, 6.07) is 66.1. The van der Waals surface area contributed by atoms with Gasteiger partial charge in [-0.1, -0.05) is 176 Å². The first kappa shape index (κ1) is 29.9. The number of aromatic nitrogens is 3. The zero-order valence-corrected chi connectivity index (χ0v) is 28.2. The highest BCUT2D eigenvalue weighted by atomic mass is 14.8. The van der Waals surface area contributed by atoms with Crippen molar-refractivity contribution in [2.45, 2.75) is 0 Å². The number of nitrogens with zero attached hydrogens (tertiary/aromatic N) is 3. The molecule has 52 heavy (non-hydrogen) atoms. The first-order valence-corrected chi connectivity index (χ1v) is 17.6. The number of benzene rings is 7. The van der Waals surface area contributed by atoms with E-state index in [2.05, 4.69) is 170 Å². The van der Waals surface area contributed by atoms with Gasteiger partial charge in [0.1, 0.15) is 0 Å². The monoisotopic (exact) mass is 661 g/mol. The van der Waals surface area contributed by atoms with E-state index in [1.165, 1.54) is 27.6 Å². The van der Waals surface area contributed by atoms with Crippen LogP contribution in [0.5, 0.6) is 0 Å². The zero-order chi connectivity index (χ0) is 34.4. The highest BCUT2D eigenvalue weighted by molar-refractivity contribution is 6.20. The fourth-order valence-electron chi connectivity index (χ4n) is 7.60. The van der Waals surface area contributed by atoms with Gasteiger partial charge in [-0.2, -0.15) is 0 Å². The van der Waals surface area contributed by atoms with Gasteiger partial charge in [0.25, 0.3) is 0 Å². The maximum atomic E-state index is 5.51. The molecule has 242 valence electrons. The van der Waals surface area contributed by atoms with E-state index >= 15 is 0 Å². The normalized spacial score (nSPS) is 11.5. The molecule has 0 radical (unpaired) electrons. The molecule has 3 heteroatoms. The molecule has 0 aliphatic heterocycles. The van der Waals surface area contributed by atoms with E-state index in [0.717, 1.165) is 71.9 Å². The van der Waals surface area contributed by atoms with Gasteiger partial charge in [0.05, 0.1) is 33.6 Å². The van der Waals surface area contributed by atoms with Gasteiger partial charge in [-0.05, 0) is 34.4 Å². The molecular formula is C49H31N3. The molecule has 10 aromatic rings. The number of rotatable bonds is 5. The molecule has 0 spiro atoms. The standard InChI is InChI=1S/C49H31N3/c1-4-14-32(15-5-1)37-20-10-11-21-38(37)39-22-12-24-41-45(39)42-25-13-23-40(49(42)52-46(41)34-18-8-3-9-19-34)44-31-29-36-27-26-35-28-30-43(33-16-6-2-7-17-33)50-47(35)48(36)51-44/h1-31H. The summed E-state index contributed by atoms with van der Waals surface area (Å²) in [6.45, 7) is 0. The summed E-state index contributed by atoms with van der Waals surface area (Å²) >= 11 is 0. The van der Waals surface area contributed by atoms with Crippen molar-refractivity contribution in [3.63, 3.8) is 0 Å². The van der Waals surface area contributed by atoms with Gasteiger partial charge in [0.2, 0.25) is 0 Å². The first-order valence-electron chi connectivity index (χ1n) is 17.6. The summed E-state index contributed by atoms with van der Waals surface area (Å²) in [5.74, 6) is 0. The van der Waals surface area contributed by atoms with E-state index in [0.29, 0.717) is 0 Å². The highest BCUT2D eigenvalue weighted by Crippen LogP contribution is 2.43. The fourth-order valence-corrected chi connectivity index (χ4v) is 7.60. The van der Waals surface area contributed by atoms with Crippen molar-refractivity contribution in [2.75, 3.05) is 0 Å². The minimum Gasteiger partial charge on any atom is -0.246 e. The number of hydrogen-bond acceptors (Lipinski definition) is 3. The summed E-state index contributed by atoms with van der Waals surface area (Å²) < 4.78 is 0. The predicted octanol–water partition coefficient (Wildman–Crippen LogP) is 12.8. The van der Waals surface area contributed by atoms with Gasteiger partial charge in [-0.25, -0.2) is 15.0 Å². The highest BCUT2D eigenvalue weighted by Gasteiger charge is 2.19. The maximum Gasteiger partial charge on any atom is 0.0972 e. The Bertz CT molecular complexity index is 2940. The minimum atomic E-state index is 0.866. The Morgan fingerprint density at radius 1 is 0.269 bits per heavy atom. The molecule has 3 aromatic heterocycles. The Labute approximate surface area is 301 Å². The molecule has 0 aliphatic rings. The van der Waals surface area contributed by atoms with Crippen LogP contribution in [-0.2, 0) is 0 Å². The molecule has 0 saturated carbocycles. The van der Waals surface area contributed by atoms with Gasteiger partial charge in [0.15, 0.2) is 0 Å². The van der Waals surface area contributed by atoms with Crippen LogP contribution in [0.3, 0.4) is 0 Å². The molecule has 0 aliphatic carbocycles. The van der Waals surface area contributed by atoms with Crippen LogP contribution in [0.15, 0.2) is 188 Å². The summed E-state index contributed by atoms with van der Waals surface area (Å²) in [4.78, 5) is 16.0. The van der Waals surface area contributed by atoms with E-state index in [1.807, 2.05) is 18.2 Å². The van der Waals surface area contributed by atoms with E-state index in [9.17, 15) is 0 Å². The van der Waals surface area contributed by atoms with Gasteiger partial charge < -0.3 is 0 Å². The average Bonchev–Trinajstić information content (AvgIpc) is 3.23. The molecule has 0 atom stereocenters. The molecule has 0 N–H and O–H groups in total. The SMILES string of the molecule is c1ccc(-c2ccc3ccc4ccc(-c5cccc6c5nc(-c5ccccc5)c5cccc(-c7ccccc7-c7ccccc7)c56)nc4c3n2)cc1. The smallest absolute Gasteiger partial charge is 0.0972 e. The van der Waals surface area contributed by atoms with E-state index in [1.54, 1.807) is 0 Å². The summed E-state index contributed by atoms with van der Waals surface area (Å²) in [5.41, 5.74) is 13.3. The van der Waals surface area contributed by atoms with Crippen molar-refractivity contribution in [3.8, 4) is 56.0 Å². The van der Waals surface area contributed by atoms with Gasteiger partial charge in [0, 0.05) is 43.6 Å². The van der Waals surface area contributed by atoms with Crippen LogP contribution in [0.25, 0.3) is 99.5 Å². The molecule has 0 fully saturated rings. The molecule has 0 bridgehead atoms. The van der Waals surface area contributed by atoms with Crippen molar-refractivity contribution < 1.29 is 0 Å². The Kier molecular flexibility index (Phi) is 7.14. The van der Waals surface area contributed by atoms with Crippen molar-refractivity contribution in [2.24, 2.45) is 0 Å². The van der Waals surface area contributed by atoms with Crippen LogP contribution in [0, 0.1) is 0 Å². The first-order chi connectivity index (χ1) is 25.8. The van der Waals surface area contributed by atoms with Crippen molar-refractivity contribution >= 4 is 43.5 Å². The molecule has 3 heterocycles. The topological polar surface area (TPSA) is 38.7 Å². The number of pyridine rings is 3. The van der Waals surface area contributed by atoms with Gasteiger partial charge in [-0.3, -0.25) is 0 Å². The lowest BCUT2D eigenvalue weighted by molar-refractivity contribution is 1.36. The van der Waals surface area contributed by atoms with E-state index in [-0.39, 0.29) is 0 Å². The quantitative estimate of drug-likeness (QED) is 0.172. The third kappa shape index (κ3) is 5.02. The lowest BCUT2D eigenvalue weighted by atomic mass is 9.88. The molecule has 3 nitrogen and oxygen atoms in total. The van der Waals surface area contributed by atoms with Crippen LogP contribution >= 0.6 is 0 Å². The third-order valence-electron chi connectivity index (χ3n) is 10.1. The molecule has 0 unspecified atom stereocenters. The predicted molar refractivity (Wildman–Crippen MR) is 217 cm³/mol. The Balaban J connectivity index is 1.26. The lowest BCUT2D eigenvalue weighted by Gasteiger charge is -2.18. The fraction of sp³-hybridized carbons (Fsp3) is 0. The molecule has 0 saturated heterocycles. The Morgan fingerprint density at radius 2 is 0.769 bits per heavy atom. The van der Waals surface area contributed by atoms with Crippen LogP contribution in [-0.4, -0.2) is 15.0 Å². The second kappa shape index (κ2) is 12.4.